The normalized spacial score (nSPS) is 21.0. The fraction of sp³-hybridized carbons (Fsp3) is 0.333. The summed E-state index contributed by atoms with van der Waals surface area (Å²) in [6.07, 6.45) is 1.18. The smallest absolute Gasteiger partial charge is 0.255 e. The molecule has 2 atom stereocenters. The quantitative estimate of drug-likeness (QED) is 0.784. The summed E-state index contributed by atoms with van der Waals surface area (Å²) in [4.78, 5) is 16.4. The average Bonchev–Trinajstić information content (AvgIpc) is 2.63. The summed E-state index contributed by atoms with van der Waals surface area (Å²) in [6, 6.07) is 9.09. The fourth-order valence-electron chi connectivity index (χ4n) is 2.93. The molecule has 0 radical (unpaired) electrons. The molecule has 1 N–H and O–H groups in total. The van der Waals surface area contributed by atoms with Crippen molar-refractivity contribution in [3.05, 3.63) is 53.3 Å². The molecule has 1 aliphatic heterocycles. The van der Waals surface area contributed by atoms with Crippen LogP contribution in [0.5, 0.6) is 0 Å². The number of carbonyl (C=O) groups excluding carboxylic acids is 1. The van der Waals surface area contributed by atoms with E-state index in [1.54, 1.807) is 12.1 Å². The Balaban J connectivity index is 1.76. The van der Waals surface area contributed by atoms with Gasteiger partial charge in [0.05, 0.1) is 22.8 Å². The van der Waals surface area contributed by atoms with Gasteiger partial charge in [-0.1, -0.05) is 11.6 Å². The SMILES string of the molecule is C[C@H]1CN(S(=O)(=O)c2ccc(C(=O)Nc3cccnc3Cl)cc2)C[C@H](C)O1. The zero-order valence-electron chi connectivity index (χ0n) is 14.9. The Bertz CT molecular complexity index is 924. The van der Waals surface area contributed by atoms with Crippen LogP contribution in [-0.4, -0.2) is 48.9 Å². The minimum atomic E-state index is -3.65. The Hall–Kier alpha value is -2.00. The second-order valence-corrected chi connectivity index (χ2v) is 8.70. The molecule has 7 nitrogen and oxygen atoms in total. The Labute approximate surface area is 163 Å². The van der Waals surface area contributed by atoms with Crippen molar-refractivity contribution in [1.29, 1.82) is 0 Å². The van der Waals surface area contributed by atoms with E-state index in [0.717, 1.165) is 0 Å². The van der Waals surface area contributed by atoms with E-state index in [1.807, 2.05) is 13.8 Å². The molecule has 1 saturated heterocycles. The topological polar surface area (TPSA) is 88.6 Å². The molecular weight excluding hydrogens is 390 g/mol. The predicted molar refractivity (Wildman–Crippen MR) is 102 cm³/mol. The van der Waals surface area contributed by atoms with Gasteiger partial charge in [-0.2, -0.15) is 4.31 Å². The maximum atomic E-state index is 12.8. The van der Waals surface area contributed by atoms with E-state index in [0.29, 0.717) is 24.3 Å². The molecule has 0 saturated carbocycles. The van der Waals surface area contributed by atoms with Gasteiger partial charge in [-0.15, -0.1) is 0 Å². The van der Waals surface area contributed by atoms with Gasteiger partial charge in [0.2, 0.25) is 10.0 Å². The highest BCUT2D eigenvalue weighted by molar-refractivity contribution is 7.89. The maximum Gasteiger partial charge on any atom is 0.255 e. The lowest BCUT2D eigenvalue weighted by molar-refractivity contribution is -0.0440. The summed E-state index contributed by atoms with van der Waals surface area (Å²) in [7, 11) is -3.65. The fourth-order valence-corrected chi connectivity index (χ4v) is 4.69. The molecule has 3 rings (SSSR count). The molecule has 2 aromatic rings. The number of carbonyl (C=O) groups is 1. The van der Waals surface area contributed by atoms with Crippen molar-refractivity contribution in [2.24, 2.45) is 0 Å². The highest BCUT2D eigenvalue weighted by atomic mass is 35.5. The number of morpholine rings is 1. The van der Waals surface area contributed by atoms with E-state index in [1.165, 1.54) is 34.8 Å². The van der Waals surface area contributed by atoms with Gasteiger partial charge in [-0.3, -0.25) is 4.79 Å². The number of sulfonamides is 1. The number of pyridine rings is 1. The summed E-state index contributed by atoms with van der Waals surface area (Å²) >= 11 is 5.93. The van der Waals surface area contributed by atoms with E-state index in [4.69, 9.17) is 16.3 Å². The van der Waals surface area contributed by atoms with Crippen molar-refractivity contribution in [3.63, 3.8) is 0 Å². The van der Waals surface area contributed by atoms with Gasteiger partial charge in [0, 0.05) is 24.8 Å². The van der Waals surface area contributed by atoms with E-state index >= 15 is 0 Å². The molecule has 1 fully saturated rings. The Morgan fingerprint density at radius 3 is 2.41 bits per heavy atom. The molecule has 2 heterocycles. The van der Waals surface area contributed by atoms with E-state index < -0.39 is 15.9 Å². The molecule has 0 spiro atoms. The lowest BCUT2D eigenvalue weighted by atomic mass is 10.2. The van der Waals surface area contributed by atoms with Crippen molar-refractivity contribution in [3.8, 4) is 0 Å². The summed E-state index contributed by atoms with van der Waals surface area (Å²) in [6.45, 7) is 4.28. The van der Waals surface area contributed by atoms with Crippen LogP contribution < -0.4 is 5.32 Å². The molecule has 1 aromatic heterocycles. The first-order valence-corrected chi connectivity index (χ1v) is 10.3. The number of amides is 1. The second kappa shape index (κ2) is 7.93. The number of hydrogen-bond donors (Lipinski definition) is 1. The standard InChI is InChI=1S/C18H20ClN3O4S/c1-12-10-22(11-13(2)26-12)27(24,25)15-7-5-14(6-8-15)18(23)21-16-4-3-9-20-17(16)19/h3-9,12-13H,10-11H2,1-2H3,(H,21,23)/t12-,13-/m0/s1. The zero-order valence-corrected chi connectivity index (χ0v) is 16.5. The Kier molecular flexibility index (Phi) is 5.81. The van der Waals surface area contributed by atoms with Gasteiger partial charge in [-0.05, 0) is 50.2 Å². The lowest BCUT2D eigenvalue weighted by Crippen LogP contribution is -2.48. The third-order valence-corrected chi connectivity index (χ3v) is 6.29. The number of aromatic nitrogens is 1. The number of halogens is 1. The zero-order chi connectivity index (χ0) is 19.6. The number of anilines is 1. The highest BCUT2D eigenvalue weighted by Crippen LogP contribution is 2.22. The van der Waals surface area contributed by atoms with Gasteiger partial charge in [0.1, 0.15) is 0 Å². The summed E-state index contributed by atoms with van der Waals surface area (Å²) in [5.74, 6) is -0.400. The molecule has 0 bridgehead atoms. The molecular formula is C18H20ClN3O4S. The number of rotatable bonds is 4. The van der Waals surface area contributed by atoms with Crippen LogP contribution in [0.15, 0.2) is 47.5 Å². The number of hydrogen-bond acceptors (Lipinski definition) is 5. The molecule has 27 heavy (non-hydrogen) atoms. The number of nitrogens with zero attached hydrogens (tertiary/aromatic N) is 2. The third-order valence-electron chi connectivity index (χ3n) is 4.15. The van der Waals surface area contributed by atoms with Crippen LogP contribution in [0.4, 0.5) is 5.69 Å². The van der Waals surface area contributed by atoms with Crippen LogP contribution >= 0.6 is 11.6 Å². The van der Waals surface area contributed by atoms with Crippen molar-refractivity contribution < 1.29 is 17.9 Å². The monoisotopic (exact) mass is 409 g/mol. The molecule has 1 aliphatic rings. The van der Waals surface area contributed by atoms with E-state index in [2.05, 4.69) is 10.3 Å². The summed E-state index contributed by atoms with van der Waals surface area (Å²) < 4.78 is 32.7. The largest absolute Gasteiger partial charge is 0.373 e. The first-order valence-electron chi connectivity index (χ1n) is 8.45. The Morgan fingerprint density at radius 2 is 1.81 bits per heavy atom. The van der Waals surface area contributed by atoms with Crippen LogP contribution in [0.2, 0.25) is 5.15 Å². The summed E-state index contributed by atoms with van der Waals surface area (Å²) in [5.41, 5.74) is 0.703. The molecule has 0 unspecified atom stereocenters. The van der Waals surface area contributed by atoms with Crippen LogP contribution in [-0.2, 0) is 14.8 Å². The Morgan fingerprint density at radius 1 is 1.19 bits per heavy atom. The molecule has 1 aromatic carbocycles. The predicted octanol–water partition coefficient (Wildman–Crippen LogP) is 2.79. The lowest BCUT2D eigenvalue weighted by Gasteiger charge is -2.34. The van der Waals surface area contributed by atoms with E-state index in [9.17, 15) is 13.2 Å². The highest BCUT2D eigenvalue weighted by Gasteiger charge is 2.32. The van der Waals surface area contributed by atoms with Gasteiger partial charge in [0.25, 0.3) is 5.91 Å². The van der Waals surface area contributed by atoms with Gasteiger partial charge in [-0.25, -0.2) is 13.4 Å². The minimum absolute atomic E-state index is 0.139. The van der Waals surface area contributed by atoms with Crippen molar-refractivity contribution >= 4 is 33.2 Å². The van der Waals surface area contributed by atoms with Crippen molar-refractivity contribution in [2.45, 2.75) is 31.0 Å². The first-order chi connectivity index (χ1) is 12.8. The van der Waals surface area contributed by atoms with Gasteiger partial charge in [0.15, 0.2) is 5.15 Å². The van der Waals surface area contributed by atoms with Crippen LogP contribution in [0.3, 0.4) is 0 Å². The number of benzene rings is 1. The van der Waals surface area contributed by atoms with E-state index in [-0.39, 0.29) is 22.3 Å². The second-order valence-electron chi connectivity index (χ2n) is 6.40. The van der Waals surface area contributed by atoms with Gasteiger partial charge >= 0.3 is 0 Å². The average molecular weight is 410 g/mol. The summed E-state index contributed by atoms with van der Waals surface area (Å²) in [5, 5.41) is 2.83. The van der Waals surface area contributed by atoms with Crippen molar-refractivity contribution in [2.75, 3.05) is 18.4 Å². The number of nitrogens with one attached hydrogen (secondary N) is 1. The molecule has 144 valence electrons. The molecule has 1 amide bonds. The third kappa shape index (κ3) is 4.47. The molecule has 9 heteroatoms. The maximum absolute atomic E-state index is 12.8. The minimum Gasteiger partial charge on any atom is -0.373 e. The molecule has 0 aliphatic carbocycles. The first kappa shape index (κ1) is 19.8. The van der Waals surface area contributed by atoms with Crippen LogP contribution in [0, 0.1) is 0 Å². The number of ether oxygens (including phenoxy) is 1. The van der Waals surface area contributed by atoms with Crippen molar-refractivity contribution in [1.82, 2.24) is 9.29 Å². The van der Waals surface area contributed by atoms with Gasteiger partial charge < -0.3 is 10.1 Å². The van der Waals surface area contributed by atoms with Crippen LogP contribution in [0.1, 0.15) is 24.2 Å². The van der Waals surface area contributed by atoms with Crippen LogP contribution in [0.25, 0.3) is 0 Å².